The summed E-state index contributed by atoms with van der Waals surface area (Å²) in [6, 6.07) is 3.59. The van der Waals surface area contributed by atoms with Crippen molar-refractivity contribution in [1.82, 2.24) is 4.90 Å². The summed E-state index contributed by atoms with van der Waals surface area (Å²) < 4.78 is 30.1. The Morgan fingerprint density at radius 2 is 1.95 bits per heavy atom. The molecular weight excluding hydrogens is 276 g/mol. The standard InChI is InChI=1S/C15H23F2N3O/c1-2-20-7-5-10(6-8-20)11-3-4-12(18)14(19)15(11)21-9-13(16)17/h3-4,10,13H,2,5-9,18-19H2,1H3. The van der Waals surface area contributed by atoms with Crippen molar-refractivity contribution in [3.8, 4) is 5.75 Å². The van der Waals surface area contributed by atoms with Gasteiger partial charge in [-0.1, -0.05) is 13.0 Å². The minimum Gasteiger partial charge on any atom is -0.485 e. The molecule has 1 fully saturated rings. The van der Waals surface area contributed by atoms with Crippen molar-refractivity contribution in [2.45, 2.75) is 32.1 Å². The van der Waals surface area contributed by atoms with Crippen LogP contribution in [0.2, 0.25) is 0 Å². The topological polar surface area (TPSA) is 64.5 Å². The number of ether oxygens (including phenoxy) is 1. The first-order chi connectivity index (χ1) is 10.0. The third-order valence-corrected chi connectivity index (χ3v) is 4.09. The van der Waals surface area contributed by atoms with Gasteiger partial charge in [0.15, 0.2) is 0 Å². The Hall–Kier alpha value is -1.56. The van der Waals surface area contributed by atoms with Crippen molar-refractivity contribution >= 4 is 11.4 Å². The second kappa shape index (κ2) is 6.93. The zero-order chi connectivity index (χ0) is 15.4. The van der Waals surface area contributed by atoms with E-state index >= 15 is 0 Å². The van der Waals surface area contributed by atoms with E-state index in [1.165, 1.54) is 0 Å². The summed E-state index contributed by atoms with van der Waals surface area (Å²) in [6.07, 6.45) is -0.578. The summed E-state index contributed by atoms with van der Waals surface area (Å²) in [7, 11) is 0. The van der Waals surface area contributed by atoms with Crippen LogP contribution in [-0.4, -0.2) is 37.6 Å². The molecule has 0 radical (unpaired) electrons. The smallest absolute Gasteiger partial charge is 0.272 e. The lowest BCUT2D eigenvalue weighted by Gasteiger charge is -2.32. The van der Waals surface area contributed by atoms with Gasteiger partial charge in [0.2, 0.25) is 0 Å². The molecule has 6 heteroatoms. The molecule has 0 aromatic heterocycles. The number of benzene rings is 1. The Morgan fingerprint density at radius 3 is 2.52 bits per heavy atom. The minimum atomic E-state index is -2.53. The molecule has 1 aromatic carbocycles. The molecule has 4 N–H and O–H groups in total. The summed E-state index contributed by atoms with van der Waals surface area (Å²) in [4.78, 5) is 2.37. The Labute approximate surface area is 124 Å². The van der Waals surface area contributed by atoms with E-state index in [1.807, 2.05) is 6.07 Å². The molecule has 1 saturated heterocycles. The maximum atomic E-state index is 12.4. The van der Waals surface area contributed by atoms with E-state index in [9.17, 15) is 8.78 Å². The normalized spacial score (nSPS) is 17.3. The Kier molecular flexibility index (Phi) is 5.22. The number of hydrogen-bond acceptors (Lipinski definition) is 4. The van der Waals surface area contributed by atoms with Crippen LogP contribution in [0.25, 0.3) is 0 Å². The van der Waals surface area contributed by atoms with E-state index in [1.54, 1.807) is 6.07 Å². The first-order valence-corrected chi connectivity index (χ1v) is 7.34. The molecule has 118 valence electrons. The van der Waals surface area contributed by atoms with Crippen LogP contribution < -0.4 is 16.2 Å². The van der Waals surface area contributed by atoms with Gasteiger partial charge in [-0.3, -0.25) is 0 Å². The monoisotopic (exact) mass is 299 g/mol. The number of piperidine rings is 1. The molecule has 2 rings (SSSR count). The Bertz CT molecular complexity index is 474. The Balaban J connectivity index is 2.20. The van der Waals surface area contributed by atoms with E-state index in [2.05, 4.69) is 11.8 Å². The molecule has 0 atom stereocenters. The largest absolute Gasteiger partial charge is 0.485 e. The summed E-state index contributed by atoms with van der Waals surface area (Å²) in [5.74, 6) is 0.619. The second-order valence-electron chi connectivity index (χ2n) is 5.40. The molecule has 0 amide bonds. The molecule has 0 spiro atoms. The average Bonchev–Trinajstić information content (AvgIpc) is 2.48. The minimum absolute atomic E-state index is 0.270. The fourth-order valence-corrected chi connectivity index (χ4v) is 2.82. The van der Waals surface area contributed by atoms with Crippen LogP contribution in [0.15, 0.2) is 12.1 Å². The number of likely N-dealkylation sites (tertiary alicyclic amines) is 1. The lowest BCUT2D eigenvalue weighted by atomic mass is 9.88. The van der Waals surface area contributed by atoms with Crippen LogP contribution in [0.1, 0.15) is 31.2 Å². The predicted octanol–water partition coefficient (Wildman–Crippen LogP) is 2.69. The van der Waals surface area contributed by atoms with Crippen LogP contribution in [0, 0.1) is 0 Å². The van der Waals surface area contributed by atoms with E-state index in [0.717, 1.165) is 38.0 Å². The van der Waals surface area contributed by atoms with Gasteiger partial charge in [-0.05, 0) is 50.0 Å². The third kappa shape index (κ3) is 3.75. The number of rotatable bonds is 5. The molecular formula is C15H23F2N3O. The van der Waals surface area contributed by atoms with Gasteiger partial charge in [-0.2, -0.15) is 0 Å². The van der Waals surface area contributed by atoms with Gasteiger partial charge in [0.05, 0.1) is 11.4 Å². The van der Waals surface area contributed by atoms with Gasteiger partial charge in [0.1, 0.15) is 12.4 Å². The lowest BCUT2D eigenvalue weighted by molar-refractivity contribution is 0.0813. The molecule has 1 heterocycles. The summed E-state index contributed by atoms with van der Waals surface area (Å²) in [6.45, 7) is 4.51. The van der Waals surface area contributed by atoms with Gasteiger partial charge in [0.25, 0.3) is 6.43 Å². The van der Waals surface area contributed by atoms with Crippen molar-refractivity contribution in [2.24, 2.45) is 0 Å². The van der Waals surface area contributed by atoms with Gasteiger partial charge < -0.3 is 21.1 Å². The molecule has 0 bridgehead atoms. The molecule has 0 saturated carbocycles. The fourth-order valence-electron chi connectivity index (χ4n) is 2.82. The third-order valence-electron chi connectivity index (χ3n) is 4.09. The van der Waals surface area contributed by atoms with Crippen molar-refractivity contribution < 1.29 is 13.5 Å². The number of nitrogen functional groups attached to an aromatic ring is 2. The first-order valence-electron chi connectivity index (χ1n) is 7.34. The second-order valence-corrected chi connectivity index (χ2v) is 5.40. The SMILES string of the molecule is CCN1CCC(c2ccc(N)c(N)c2OCC(F)F)CC1. The highest BCUT2D eigenvalue weighted by molar-refractivity contribution is 5.73. The number of halogens is 2. The molecule has 1 aromatic rings. The zero-order valence-electron chi connectivity index (χ0n) is 12.3. The molecule has 0 unspecified atom stereocenters. The number of nitrogens with two attached hydrogens (primary N) is 2. The maximum Gasteiger partial charge on any atom is 0.272 e. The maximum absolute atomic E-state index is 12.4. The molecule has 1 aliphatic heterocycles. The van der Waals surface area contributed by atoms with E-state index in [4.69, 9.17) is 16.2 Å². The van der Waals surface area contributed by atoms with Gasteiger partial charge in [0, 0.05) is 0 Å². The summed E-state index contributed by atoms with van der Waals surface area (Å²) in [5, 5.41) is 0. The van der Waals surface area contributed by atoms with Crippen LogP contribution in [-0.2, 0) is 0 Å². The summed E-state index contributed by atoms with van der Waals surface area (Å²) in [5.41, 5.74) is 13.2. The number of alkyl halides is 2. The van der Waals surface area contributed by atoms with Crippen LogP contribution in [0.4, 0.5) is 20.2 Å². The first kappa shape index (κ1) is 15.8. The van der Waals surface area contributed by atoms with Crippen LogP contribution in [0.5, 0.6) is 5.75 Å². The zero-order valence-corrected chi connectivity index (χ0v) is 12.3. The fraction of sp³-hybridized carbons (Fsp3) is 0.600. The highest BCUT2D eigenvalue weighted by Gasteiger charge is 2.24. The van der Waals surface area contributed by atoms with Gasteiger partial charge >= 0.3 is 0 Å². The number of nitrogens with zero attached hydrogens (tertiary/aromatic N) is 1. The van der Waals surface area contributed by atoms with Gasteiger partial charge in [-0.25, -0.2) is 8.78 Å². The average molecular weight is 299 g/mol. The number of anilines is 2. The van der Waals surface area contributed by atoms with Crippen molar-refractivity contribution in [3.63, 3.8) is 0 Å². The molecule has 4 nitrogen and oxygen atoms in total. The van der Waals surface area contributed by atoms with Crippen LogP contribution in [0.3, 0.4) is 0 Å². The highest BCUT2D eigenvalue weighted by Crippen LogP contribution is 2.40. The summed E-state index contributed by atoms with van der Waals surface area (Å²) >= 11 is 0. The highest BCUT2D eigenvalue weighted by atomic mass is 19.3. The Morgan fingerprint density at radius 1 is 1.29 bits per heavy atom. The molecule has 1 aliphatic rings. The molecule has 21 heavy (non-hydrogen) atoms. The van der Waals surface area contributed by atoms with E-state index in [-0.39, 0.29) is 11.6 Å². The predicted molar refractivity (Wildman–Crippen MR) is 80.9 cm³/mol. The van der Waals surface area contributed by atoms with Crippen molar-refractivity contribution in [3.05, 3.63) is 17.7 Å². The van der Waals surface area contributed by atoms with E-state index in [0.29, 0.717) is 11.4 Å². The van der Waals surface area contributed by atoms with Gasteiger partial charge in [-0.15, -0.1) is 0 Å². The molecule has 0 aliphatic carbocycles. The lowest BCUT2D eigenvalue weighted by Crippen LogP contribution is -2.32. The van der Waals surface area contributed by atoms with E-state index < -0.39 is 13.0 Å². The van der Waals surface area contributed by atoms with Crippen LogP contribution >= 0.6 is 0 Å². The van der Waals surface area contributed by atoms with Crippen molar-refractivity contribution in [2.75, 3.05) is 37.7 Å². The quantitative estimate of drug-likeness (QED) is 0.821. The van der Waals surface area contributed by atoms with Crippen molar-refractivity contribution in [1.29, 1.82) is 0 Å². The number of hydrogen-bond donors (Lipinski definition) is 2.